The lowest BCUT2D eigenvalue weighted by Crippen LogP contribution is -2.23. The van der Waals surface area contributed by atoms with Gasteiger partial charge in [0.05, 0.1) is 0 Å². The summed E-state index contributed by atoms with van der Waals surface area (Å²) in [6.45, 7) is 2.08. The first-order valence-electron chi connectivity index (χ1n) is 6.79. The zero-order valence-electron chi connectivity index (χ0n) is 11.6. The Balaban J connectivity index is 1.90. The maximum Gasteiger partial charge on any atom is 0.123 e. The second-order valence-electron chi connectivity index (χ2n) is 5.22. The predicted molar refractivity (Wildman–Crippen MR) is 85.3 cm³/mol. The molecule has 0 radical (unpaired) electrons. The molecule has 0 heterocycles. The number of hydrogen-bond donors (Lipinski definition) is 1. The first-order valence-corrected chi connectivity index (χ1v) is 7.59. The summed E-state index contributed by atoms with van der Waals surface area (Å²) in [6, 6.07) is 13.3. The highest BCUT2D eigenvalue weighted by Crippen LogP contribution is 2.20. The van der Waals surface area contributed by atoms with Gasteiger partial charge in [0.1, 0.15) is 5.82 Å². The fraction of sp³-hybridized carbons (Fsp3) is 0.294. The third kappa shape index (κ3) is 4.43. The maximum absolute atomic E-state index is 13.2. The van der Waals surface area contributed by atoms with E-state index < -0.39 is 0 Å². The molecule has 2 rings (SSSR count). The Kier molecular flexibility index (Phi) is 5.32. The Morgan fingerprint density at radius 1 is 1.15 bits per heavy atom. The highest BCUT2D eigenvalue weighted by molar-refractivity contribution is 9.10. The van der Waals surface area contributed by atoms with Crippen LogP contribution < -0.4 is 5.73 Å². The molecule has 0 aliphatic carbocycles. The summed E-state index contributed by atoms with van der Waals surface area (Å²) >= 11 is 3.44. The molecule has 106 valence electrons. The monoisotopic (exact) mass is 335 g/mol. The molecule has 20 heavy (non-hydrogen) atoms. The lowest BCUT2D eigenvalue weighted by Gasteiger charge is -2.13. The molecule has 0 amide bonds. The van der Waals surface area contributed by atoms with E-state index >= 15 is 0 Å². The number of nitrogens with two attached hydrogens (primary N) is 1. The molecule has 0 bridgehead atoms. The fourth-order valence-electron chi connectivity index (χ4n) is 2.19. The first-order chi connectivity index (χ1) is 9.54. The minimum absolute atomic E-state index is 0.0365. The molecule has 2 aromatic carbocycles. The standard InChI is InChI=1S/C17H19BrFN/c1-12-2-4-13(5-3-12)6-8-16(20)11-14-10-15(19)7-9-17(14)18/h2-5,7,9-10,16H,6,8,11,20H2,1H3. The van der Waals surface area contributed by atoms with Gasteiger partial charge < -0.3 is 5.73 Å². The van der Waals surface area contributed by atoms with Gasteiger partial charge in [-0.1, -0.05) is 45.8 Å². The average Bonchev–Trinajstić information content (AvgIpc) is 2.42. The van der Waals surface area contributed by atoms with Crippen molar-refractivity contribution >= 4 is 15.9 Å². The van der Waals surface area contributed by atoms with E-state index in [4.69, 9.17) is 5.73 Å². The van der Waals surface area contributed by atoms with Crippen LogP contribution in [0.25, 0.3) is 0 Å². The normalized spacial score (nSPS) is 12.4. The van der Waals surface area contributed by atoms with Crippen LogP contribution in [0.2, 0.25) is 0 Å². The second-order valence-corrected chi connectivity index (χ2v) is 6.08. The Morgan fingerprint density at radius 2 is 1.85 bits per heavy atom. The van der Waals surface area contributed by atoms with Crippen molar-refractivity contribution < 1.29 is 4.39 Å². The molecule has 0 aromatic heterocycles. The van der Waals surface area contributed by atoms with E-state index in [-0.39, 0.29) is 11.9 Å². The molecule has 0 fully saturated rings. The van der Waals surface area contributed by atoms with Gasteiger partial charge in [0.25, 0.3) is 0 Å². The van der Waals surface area contributed by atoms with Crippen LogP contribution in [-0.2, 0) is 12.8 Å². The zero-order chi connectivity index (χ0) is 14.5. The molecule has 0 spiro atoms. The van der Waals surface area contributed by atoms with Crippen LogP contribution in [0.5, 0.6) is 0 Å². The predicted octanol–water partition coefficient (Wildman–Crippen LogP) is 4.40. The molecule has 0 saturated heterocycles. The molecule has 0 aliphatic heterocycles. The summed E-state index contributed by atoms with van der Waals surface area (Å²) in [6.07, 6.45) is 2.53. The first kappa shape index (κ1) is 15.2. The van der Waals surface area contributed by atoms with E-state index in [2.05, 4.69) is 47.1 Å². The van der Waals surface area contributed by atoms with Gasteiger partial charge in [0.15, 0.2) is 0 Å². The van der Waals surface area contributed by atoms with Crippen molar-refractivity contribution in [2.24, 2.45) is 5.73 Å². The summed E-state index contributed by atoms with van der Waals surface area (Å²) in [5.74, 6) is -0.214. The molecule has 2 N–H and O–H groups in total. The summed E-state index contributed by atoms with van der Waals surface area (Å²) in [4.78, 5) is 0. The Labute approximate surface area is 128 Å². The zero-order valence-corrected chi connectivity index (χ0v) is 13.2. The van der Waals surface area contributed by atoms with Crippen LogP contribution >= 0.6 is 15.9 Å². The van der Waals surface area contributed by atoms with Crippen molar-refractivity contribution in [3.05, 3.63) is 69.4 Å². The third-order valence-electron chi connectivity index (χ3n) is 3.41. The molecular weight excluding hydrogens is 317 g/mol. The van der Waals surface area contributed by atoms with Crippen molar-refractivity contribution in [3.63, 3.8) is 0 Å². The van der Waals surface area contributed by atoms with Crippen molar-refractivity contribution in [3.8, 4) is 0 Å². The smallest absolute Gasteiger partial charge is 0.123 e. The highest BCUT2D eigenvalue weighted by Gasteiger charge is 2.08. The number of hydrogen-bond acceptors (Lipinski definition) is 1. The lowest BCUT2D eigenvalue weighted by molar-refractivity contribution is 0.597. The van der Waals surface area contributed by atoms with Crippen molar-refractivity contribution in [1.82, 2.24) is 0 Å². The van der Waals surface area contributed by atoms with Gasteiger partial charge >= 0.3 is 0 Å². The van der Waals surface area contributed by atoms with E-state index in [9.17, 15) is 4.39 Å². The molecule has 2 aromatic rings. The summed E-state index contributed by atoms with van der Waals surface area (Å²) in [5.41, 5.74) is 9.65. The number of halogens is 2. The summed E-state index contributed by atoms with van der Waals surface area (Å²) < 4.78 is 14.1. The molecular formula is C17H19BrFN. The van der Waals surface area contributed by atoms with E-state index in [1.54, 1.807) is 12.1 Å². The van der Waals surface area contributed by atoms with Crippen LogP contribution in [0.15, 0.2) is 46.9 Å². The van der Waals surface area contributed by atoms with Crippen LogP contribution in [-0.4, -0.2) is 6.04 Å². The van der Waals surface area contributed by atoms with Crippen molar-refractivity contribution in [1.29, 1.82) is 0 Å². The van der Waals surface area contributed by atoms with Crippen LogP contribution in [0, 0.1) is 12.7 Å². The minimum Gasteiger partial charge on any atom is -0.327 e. The topological polar surface area (TPSA) is 26.0 Å². The van der Waals surface area contributed by atoms with Gasteiger partial charge in [-0.25, -0.2) is 4.39 Å². The van der Waals surface area contributed by atoms with Crippen LogP contribution in [0.3, 0.4) is 0 Å². The summed E-state index contributed by atoms with van der Waals surface area (Å²) in [5, 5.41) is 0. The molecule has 1 atom stereocenters. The fourth-order valence-corrected chi connectivity index (χ4v) is 2.60. The van der Waals surface area contributed by atoms with Crippen molar-refractivity contribution in [2.45, 2.75) is 32.2 Å². The largest absolute Gasteiger partial charge is 0.327 e. The average molecular weight is 336 g/mol. The van der Waals surface area contributed by atoms with Gasteiger partial charge in [-0.3, -0.25) is 0 Å². The number of rotatable bonds is 5. The number of benzene rings is 2. The summed E-state index contributed by atoms with van der Waals surface area (Å²) in [7, 11) is 0. The van der Waals surface area contributed by atoms with Gasteiger partial charge in [0, 0.05) is 10.5 Å². The molecule has 1 unspecified atom stereocenters. The Hall–Kier alpha value is -1.19. The van der Waals surface area contributed by atoms with Crippen LogP contribution in [0.4, 0.5) is 4.39 Å². The lowest BCUT2D eigenvalue weighted by atomic mass is 9.99. The van der Waals surface area contributed by atoms with Gasteiger partial charge in [0.2, 0.25) is 0 Å². The van der Waals surface area contributed by atoms with Gasteiger partial charge in [-0.05, 0) is 55.5 Å². The van der Waals surface area contributed by atoms with Gasteiger partial charge in [-0.15, -0.1) is 0 Å². The van der Waals surface area contributed by atoms with E-state index in [0.717, 1.165) is 22.9 Å². The molecule has 3 heteroatoms. The quantitative estimate of drug-likeness (QED) is 0.860. The molecule has 0 aliphatic rings. The van der Waals surface area contributed by atoms with Crippen molar-refractivity contribution in [2.75, 3.05) is 0 Å². The van der Waals surface area contributed by atoms with E-state index in [1.807, 2.05) is 0 Å². The highest BCUT2D eigenvalue weighted by atomic mass is 79.9. The SMILES string of the molecule is Cc1ccc(CCC(N)Cc2cc(F)ccc2Br)cc1. The minimum atomic E-state index is -0.214. The Morgan fingerprint density at radius 3 is 2.55 bits per heavy atom. The third-order valence-corrected chi connectivity index (χ3v) is 4.19. The van der Waals surface area contributed by atoms with E-state index in [1.165, 1.54) is 17.2 Å². The molecule has 0 saturated carbocycles. The second kappa shape index (κ2) is 7.00. The van der Waals surface area contributed by atoms with Gasteiger partial charge in [-0.2, -0.15) is 0 Å². The van der Waals surface area contributed by atoms with Crippen LogP contribution in [0.1, 0.15) is 23.1 Å². The number of aryl methyl sites for hydroxylation is 2. The maximum atomic E-state index is 13.2. The Bertz CT molecular complexity index is 566. The molecule has 1 nitrogen and oxygen atoms in total. The van der Waals surface area contributed by atoms with E-state index in [0.29, 0.717) is 6.42 Å².